The van der Waals surface area contributed by atoms with Crippen LogP contribution in [0, 0.1) is 17.5 Å². The highest BCUT2D eigenvalue weighted by atomic mass is 32.2. The van der Waals surface area contributed by atoms with Crippen molar-refractivity contribution < 1.29 is 31.2 Å². The maximum Gasteiger partial charge on any atom is 0.271 e. The van der Waals surface area contributed by atoms with Gasteiger partial charge in [-0.3, -0.25) is 9.59 Å². The molecule has 0 atom stereocenters. The summed E-state index contributed by atoms with van der Waals surface area (Å²) in [6.45, 7) is 1.27. The number of hydrogen-bond acceptors (Lipinski definition) is 5. The Hall–Kier alpha value is -4.71. The van der Waals surface area contributed by atoms with E-state index in [1.165, 1.54) is 55.5 Å². The molecule has 0 radical (unpaired) electrons. The van der Waals surface area contributed by atoms with E-state index in [9.17, 15) is 26.8 Å². The second-order valence-electron chi connectivity index (χ2n) is 7.86. The highest BCUT2D eigenvalue weighted by Crippen LogP contribution is 2.38. The lowest BCUT2D eigenvalue weighted by molar-refractivity contribution is -0.114. The lowest BCUT2D eigenvalue weighted by atomic mass is 10.2. The van der Waals surface area contributed by atoms with Crippen molar-refractivity contribution in [2.24, 2.45) is 0 Å². The Morgan fingerprint density at radius 2 is 1.50 bits per heavy atom. The third kappa shape index (κ3) is 5.34. The number of benzene rings is 3. The zero-order chi connectivity index (χ0) is 27.4. The summed E-state index contributed by atoms with van der Waals surface area (Å²) in [7, 11) is -4.75. The van der Waals surface area contributed by atoms with Gasteiger partial charge in [-0.25, -0.2) is 30.9 Å². The van der Waals surface area contributed by atoms with Crippen molar-refractivity contribution >= 4 is 44.7 Å². The lowest BCUT2D eigenvalue weighted by Gasteiger charge is -2.26. The van der Waals surface area contributed by atoms with E-state index in [0.717, 1.165) is 30.5 Å². The Balaban J connectivity index is 1.78. The first-order valence-electron chi connectivity index (χ1n) is 11.0. The van der Waals surface area contributed by atoms with Crippen LogP contribution >= 0.6 is 0 Å². The van der Waals surface area contributed by atoms with Crippen LogP contribution in [0.1, 0.15) is 17.3 Å². The van der Waals surface area contributed by atoms with Crippen LogP contribution in [-0.2, 0) is 14.8 Å². The van der Waals surface area contributed by atoms with Gasteiger partial charge in [0.2, 0.25) is 5.91 Å². The molecule has 1 heterocycles. The first-order valence-corrected chi connectivity index (χ1v) is 12.4. The Morgan fingerprint density at radius 1 is 0.816 bits per heavy atom. The molecule has 194 valence electrons. The fourth-order valence-corrected chi connectivity index (χ4v) is 5.07. The van der Waals surface area contributed by atoms with Gasteiger partial charge in [0.25, 0.3) is 15.9 Å². The fourth-order valence-electron chi connectivity index (χ4n) is 3.50. The summed E-state index contributed by atoms with van der Waals surface area (Å²) in [6.07, 6.45) is 1.08. The molecule has 1 aromatic heterocycles. The number of nitrogens with one attached hydrogen (secondary N) is 2. The molecule has 4 rings (SSSR count). The Kier molecular flexibility index (Phi) is 7.44. The van der Waals surface area contributed by atoms with Crippen LogP contribution in [0.15, 0.2) is 90.0 Å². The van der Waals surface area contributed by atoms with Crippen molar-refractivity contribution in [1.29, 1.82) is 0 Å². The summed E-state index contributed by atoms with van der Waals surface area (Å²) in [6, 6.07) is 16.1. The average molecular weight is 541 g/mol. The minimum absolute atomic E-state index is 0.0590. The van der Waals surface area contributed by atoms with Crippen LogP contribution in [0.2, 0.25) is 0 Å². The number of nitrogens with zero attached hydrogens (tertiary/aromatic N) is 2. The Labute approximate surface area is 215 Å². The second kappa shape index (κ2) is 10.7. The fraction of sp³-hybridized carbons (Fsp3) is 0.0385. The van der Waals surface area contributed by atoms with E-state index in [2.05, 4.69) is 15.6 Å². The molecule has 0 unspecified atom stereocenters. The highest BCUT2D eigenvalue weighted by Gasteiger charge is 2.33. The molecule has 3 aromatic carbocycles. The summed E-state index contributed by atoms with van der Waals surface area (Å²) in [5.74, 6) is -4.84. The van der Waals surface area contributed by atoms with E-state index >= 15 is 4.39 Å². The van der Waals surface area contributed by atoms with E-state index in [-0.39, 0.29) is 23.0 Å². The number of rotatable bonds is 7. The number of carbonyl (C=O) groups excluding carboxylic acids is 2. The molecule has 0 bridgehead atoms. The van der Waals surface area contributed by atoms with Gasteiger partial charge in [-0.2, -0.15) is 0 Å². The summed E-state index contributed by atoms with van der Waals surface area (Å²) < 4.78 is 72.7. The SMILES string of the molecule is CC(=O)Nc1ccc(C(=O)Nc2c(F)ccc(N(c3ccccc3)S(=O)(=O)c3ccccc3F)c2F)cn1. The molecule has 0 aliphatic carbocycles. The molecular weight excluding hydrogens is 521 g/mol. The number of para-hydroxylation sites is 1. The molecule has 4 aromatic rings. The molecule has 0 saturated carbocycles. The molecule has 2 N–H and O–H groups in total. The van der Waals surface area contributed by atoms with Gasteiger partial charge in [0.15, 0.2) is 5.82 Å². The van der Waals surface area contributed by atoms with Gasteiger partial charge in [0.1, 0.15) is 28.0 Å². The Bertz CT molecular complexity index is 1620. The zero-order valence-electron chi connectivity index (χ0n) is 19.7. The van der Waals surface area contributed by atoms with Crippen molar-refractivity contribution in [2.45, 2.75) is 11.8 Å². The van der Waals surface area contributed by atoms with Crippen LogP contribution in [0.5, 0.6) is 0 Å². The number of aromatic nitrogens is 1. The monoisotopic (exact) mass is 540 g/mol. The van der Waals surface area contributed by atoms with Gasteiger partial charge in [0.05, 0.1) is 16.9 Å². The minimum Gasteiger partial charge on any atom is -0.317 e. The number of amides is 2. The van der Waals surface area contributed by atoms with Gasteiger partial charge in [-0.15, -0.1) is 0 Å². The standard InChI is InChI=1S/C26H19F3N4O4S/c1-16(34)31-23-14-11-17(15-30-23)26(35)32-25-20(28)12-13-21(24(25)29)33(18-7-3-2-4-8-18)38(36,37)22-10-6-5-9-19(22)27/h2-15H,1H3,(H,32,35)(H,30,31,34). The van der Waals surface area contributed by atoms with Crippen LogP contribution < -0.4 is 14.9 Å². The predicted molar refractivity (Wildman–Crippen MR) is 135 cm³/mol. The van der Waals surface area contributed by atoms with Crippen LogP contribution in [-0.4, -0.2) is 25.2 Å². The lowest BCUT2D eigenvalue weighted by Crippen LogP contribution is -2.28. The average Bonchev–Trinajstić information content (AvgIpc) is 2.88. The number of anilines is 4. The van der Waals surface area contributed by atoms with E-state index in [1.54, 1.807) is 6.07 Å². The van der Waals surface area contributed by atoms with E-state index in [0.29, 0.717) is 4.31 Å². The molecule has 12 heteroatoms. The van der Waals surface area contributed by atoms with Gasteiger partial charge in [-0.05, 0) is 48.5 Å². The molecule has 8 nitrogen and oxygen atoms in total. The third-order valence-electron chi connectivity index (χ3n) is 5.20. The van der Waals surface area contributed by atoms with E-state index in [4.69, 9.17) is 0 Å². The number of halogens is 3. The van der Waals surface area contributed by atoms with Crippen LogP contribution in [0.4, 0.5) is 36.1 Å². The minimum atomic E-state index is -4.75. The number of hydrogen-bond donors (Lipinski definition) is 2. The molecule has 0 fully saturated rings. The molecule has 0 aliphatic heterocycles. The summed E-state index contributed by atoms with van der Waals surface area (Å²) in [5, 5.41) is 4.51. The molecule has 0 saturated heterocycles. The Morgan fingerprint density at radius 3 is 2.13 bits per heavy atom. The molecule has 38 heavy (non-hydrogen) atoms. The van der Waals surface area contributed by atoms with Crippen molar-refractivity contribution in [3.05, 3.63) is 108 Å². The molecule has 0 spiro atoms. The van der Waals surface area contributed by atoms with E-state index < -0.39 is 49.7 Å². The topological polar surface area (TPSA) is 108 Å². The molecule has 2 amide bonds. The third-order valence-corrected chi connectivity index (χ3v) is 6.98. The second-order valence-corrected chi connectivity index (χ2v) is 9.61. The summed E-state index contributed by atoms with van der Waals surface area (Å²) in [4.78, 5) is 27.0. The number of carbonyl (C=O) groups is 2. The zero-order valence-corrected chi connectivity index (χ0v) is 20.5. The van der Waals surface area contributed by atoms with Gasteiger partial charge >= 0.3 is 0 Å². The smallest absolute Gasteiger partial charge is 0.271 e. The summed E-state index contributed by atoms with van der Waals surface area (Å²) >= 11 is 0. The molecular formula is C26H19F3N4O4S. The number of pyridine rings is 1. The van der Waals surface area contributed by atoms with Crippen molar-refractivity contribution in [2.75, 3.05) is 14.9 Å². The summed E-state index contributed by atoms with van der Waals surface area (Å²) in [5.41, 5.74) is -1.74. The first-order chi connectivity index (χ1) is 18.1. The van der Waals surface area contributed by atoms with E-state index in [1.807, 2.05) is 0 Å². The van der Waals surface area contributed by atoms with Crippen molar-refractivity contribution in [3.63, 3.8) is 0 Å². The van der Waals surface area contributed by atoms with Crippen LogP contribution in [0.25, 0.3) is 0 Å². The predicted octanol–water partition coefficient (Wildman–Crippen LogP) is 5.24. The normalized spacial score (nSPS) is 11.1. The van der Waals surface area contributed by atoms with Crippen molar-refractivity contribution in [1.82, 2.24) is 4.98 Å². The van der Waals surface area contributed by atoms with Gasteiger partial charge in [-0.1, -0.05) is 30.3 Å². The molecule has 0 aliphatic rings. The largest absolute Gasteiger partial charge is 0.317 e. The number of sulfonamides is 1. The highest BCUT2D eigenvalue weighted by molar-refractivity contribution is 7.93. The van der Waals surface area contributed by atoms with Gasteiger partial charge < -0.3 is 10.6 Å². The maximum absolute atomic E-state index is 15.8. The van der Waals surface area contributed by atoms with Crippen molar-refractivity contribution in [3.8, 4) is 0 Å². The quantitative estimate of drug-likeness (QED) is 0.334. The van der Waals surface area contributed by atoms with Gasteiger partial charge in [0, 0.05) is 13.1 Å². The maximum atomic E-state index is 15.8. The van der Waals surface area contributed by atoms with Crippen LogP contribution in [0.3, 0.4) is 0 Å². The first kappa shape index (κ1) is 26.4.